The number of hydrogen-bond donors (Lipinski definition) is 2. The van der Waals surface area contributed by atoms with E-state index in [0.29, 0.717) is 12.5 Å². The number of hydrogen-bond acceptors (Lipinski definition) is 5. The molecule has 7 heteroatoms. The van der Waals surface area contributed by atoms with Crippen molar-refractivity contribution in [2.24, 2.45) is 10.9 Å². The molecule has 0 bridgehead atoms. The Hall–Kier alpha value is -2.54. The first-order chi connectivity index (χ1) is 14.6. The fourth-order valence-corrected chi connectivity index (χ4v) is 3.59. The zero-order chi connectivity index (χ0) is 21.2. The summed E-state index contributed by atoms with van der Waals surface area (Å²) in [6.45, 7) is 9.41. The van der Waals surface area contributed by atoms with Crippen LogP contribution >= 0.6 is 0 Å². The monoisotopic (exact) mass is 413 g/mol. The highest BCUT2D eigenvalue weighted by Gasteiger charge is 2.21. The number of piperidine rings is 1. The van der Waals surface area contributed by atoms with Gasteiger partial charge in [0.15, 0.2) is 5.96 Å². The van der Waals surface area contributed by atoms with Crippen LogP contribution in [0.4, 0.5) is 0 Å². The number of aromatic nitrogens is 1. The van der Waals surface area contributed by atoms with Gasteiger partial charge >= 0.3 is 0 Å². The number of likely N-dealkylation sites (tertiary alicyclic amines) is 1. The number of para-hydroxylation sites is 1. The van der Waals surface area contributed by atoms with Crippen LogP contribution in [-0.4, -0.2) is 55.7 Å². The molecule has 0 aliphatic carbocycles. The second-order valence-corrected chi connectivity index (χ2v) is 7.86. The summed E-state index contributed by atoms with van der Waals surface area (Å²) in [5.41, 5.74) is 0.995. The zero-order valence-electron chi connectivity index (χ0n) is 18.5. The minimum atomic E-state index is 0.661. The van der Waals surface area contributed by atoms with E-state index in [1.165, 1.54) is 12.8 Å². The molecule has 0 unspecified atom stereocenters. The molecule has 1 saturated heterocycles. The van der Waals surface area contributed by atoms with E-state index in [-0.39, 0.29) is 0 Å². The Morgan fingerprint density at radius 1 is 1.20 bits per heavy atom. The van der Waals surface area contributed by atoms with Crippen molar-refractivity contribution < 1.29 is 9.15 Å². The third-order valence-corrected chi connectivity index (χ3v) is 5.55. The lowest BCUT2D eigenvalue weighted by molar-refractivity contribution is 0.164. The molecule has 1 aliphatic heterocycles. The van der Waals surface area contributed by atoms with Crippen molar-refractivity contribution in [2.45, 2.75) is 39.7 Å². The van der Waals surface area contributed by atoms with Gasteiger partial charge in [-0.15, -0.1) is 0 Å². The molecule has 0 atom stereocenters. The molecule has 1 aliphatic rings. The summed E-state index contributed by atoms with van der Waals surface area (Å²) in [6, 6.07) is 9.92. The molecule has 1 aromatic carbocycles. The van der Waals surface area contributed by atoms with Crippen LogP contribution in [0.1, 0.15) is 36.6 Å². The zero-order valence-corrected chi connectivity index (χ0v) is 18.5. The van der Waals surface area contributed by atoms with E-state index in [1.54, 1.807) is 0 Å². The third-order valence-electron chi connectivity index (χ3n) is 5.55. The number of nitrogens with one attached hydrogen (secondary N) is 2. The molecule has 0 radical (unpaired) electrons. The molecule has 3 rings (SSSR count). The maximum atomic E-state index is 5.72. The van der Waals surface area contributed by atoms with Crippen LogP contribution in [-0.2, 0) is 6.54 Å². The summed E-state index contributed by atoms with van der Waals surface area (Å²) >= 11 is 0. The van der Waals surface area contributed by atoms with Crippen LogP contribution in [0.2, 0.25) is 0 Å². The fraction of sp³-hybridized carbons (Fsp3) is 0.565. The second-order valence-electron chi connectivity index (χ2n) is 7.86. The number of aryl methyl sites for hydroxylation is 2. The topological polar surface area (TPSA) is 74.9 Å². The summed E-state index contributed by atoms with van der Waals surface area (Å²) in [6.07, 6.45) is 3.27. The number of guanidine groups is 1. The van der Waals surface area contributed by atoms with Gasteiger partial charge in [-0.05, 0) is 64.3 Å². The van der Waals surface area contributed by atoms with Crippen LogP contribution < -0.4 is 15.4 Å². The molecule has 0 spiro atoms. The fourth-order valence-electron chi connectivity index (χ4n) is 3.59. The molecule has 1 fully saturated rings. The van der Waals surface area contributed by atoms with E-state index >= 15 is 0 Å². The maximum Gasteiger partial charge on any atom is 0.208 e. The Kier molecular flexibility index (Phi) is 8.56. The lowest BCUT2D eigenvalue weighted by Gasteiger charge is -2.31. The standard InChI is InChI=1S/C23H35N5O2/c1-18-19(2)30-22(27-18)17-28-13-10-20(11-14-28)16-26-23(24-3)25-12-7-15-29-21-8-5-4-6-9-21/h4-6,8-9,20H,7,10-17H2,1-3H3,(H2,24,25,26). The van der Waals surface area contributed by atoms with Crippen molar-refractivity contribution in [3.8, 4) is 5.75 Å². The van der Waals surface area contributed by atoms with Crippen molar-refractivity contribution in [1.29, 1.82) is 0 Å². The Balaban J connectivity index is 1.27. The summed E-state index contributed by atoms with van der Waals surface area (Å²) < 4.78 is 11.4. The van der Waals surface area contributed by atoms with Gasteiger partial charge in [0.05, 0.1) is 18.8 Å². The molecule has 2 aromatic rings. The highest BCUT2D eigenvalue weighted by Crippen LogP contribution is 2.19. The number of aliphatic imine (C=N–C) groups is 1. The largest absolute Gasteiger partial charge is 0.494 e. The number of nitrogens with zero attached hydrogens (tertiary/aromatic N) is 3. The molecule has 2 N–H and O–H groups in total. The lowest BCUT2D eigenvalue weighted by atomic mass is 9.97. The third kappa shape index (κ3) is 7.06. The predicted octanol–water partition coefficient (Wildman–Crippen LogP) is 3.14. The van der Waals surface area contributed by atoms with E-state index in [2.05, 4.69) is 25.5 Å². The normalized spacial score (nSPS) is 15.9. The van der Waals surface area contributed by atoms with Crippen LogP contribution in [0.5, 0.6) is 5.75 Å². The van der Waals surface area contributed by atoms with Crippen LogP contribution in [0.3, 0.4) is 0 Å². The maximum absolute atomic E-state index is 5.72. The molecular formula is C23H35N5O2. The van der Waals surface area contributed by atoms with Crippen LogP contribution in [0.25, 0.3) is 0 Å². The van der Waals surface area contributed by atoms with Gasteiger partial charge in [-0.2, -0.15) is 0 Å². The molecular weight excluding hydrogens is 378 g/mol. The number of rotatable bonds is 9. The van der Waals surface area contributed by atoms with Gasteiger partial charge in [-0.3, -0.25) is 9.89 Å². The number of ether oxygens (including phenoxy) is 1. The average Bonchev–Trinajstić information content (AvgIpc) is 3.08. The Morgan fingerprint density at radius 2 is 1.97 bits per heavy atom. The molecule has 1 aromatic heterocycles. The van der Waals surface area contributed by atoms with E-state index in [1.807, 2.05) is 51.2 Å². The lowest BCUT2D eigenvalue weighted by Crippen LogP contribution is -2.43. The van der Waals surface area contributed by atoms with Gasteiger partial charge in [0, 0.05) is 20.1 Å². The van der Waals surface area contributed by atoms with Crippen molar-refractivity contribution in [2.75, 3.05) is 39.8 Å². The Bertz CT molecular complexity index is 763. The van der Waals surface area contributed by atoms with Gasteiger partial charge in [0.2, 0.25) is 5.89 Å². The smallest absolute Gasteiger partial charge is 0.208 e. The molecule has 164 valence electrons. The van der Waals surface area contributed by atoms with Gasteiger partial charge in [-0.25, -0.2) is 4.98 Å². The van der Waals surface area contributed by atoms with Gasteiger partial charge in [0.25, 0.3) is 0 Å². The number of oxazole rings is 1. The minimum absolute atomic E-state index is 0.661. The van der Waals surface area contributed by atoms with Gasteiger partial charge in [0.1, 0.15) is 11.5 Å². The molecule has 0 saturated carbocycles. The quantitative estimate of drug-likeness (QED) is 0.374. The first-order valence-corrected chi connectivity index (χ1v) is 10.9. The van der Waals surface area contributed by atoms with E-state index < -0.39 is 0 Å². The molecule has 2 heterocycles. The highest BCUT2D eigenvalue weighted by molar-refractivity contribution is 5.79. The minimum Gasteiger partial charge on any atom is -0.494 e. The van der Waals surface area contributed by atoms with Crippen LogP contribution in [0, 0.1) is 19.8 Å². The van der Waals surface area contributed by atoms with Crippen molar-refractivity contribution in [3.05, 3.63) is 47.7 Å². The molecule has 30 heavy (non-hydrogen) atoms. The summed E-state index contributed by atoms with van der Waals surface area (Å²) in [5, 5.41) is 6.84. The molecule has 7 nitrogen and oxygen atoms in total. The highest BCUT2D eigenvalue weighted by atomic mass is 16.5. The molecule has 0 amide bonds. The Morgan fingerprint density at radius 3 is 2.63 bits per heavy atom. The van der Waals surface area contributed by atoms with E-state index in [9.17, 15) is 0 Å². The average molecular weight is 414 g/mol. The Labute approximate surface area is 179 Å². The second kappa shape index (κ2) is 11.6. The van der Waals surface area contributed by atoms with Gasteiger partial charge < -0.3 is 19.8 Å². The first kappa shape index (κ1) is 22.2. The first-order valence-electron chi connectivity index (χ1n) is 10.9. The van der Waals surface area contributed by atoms with Crippen LogP contribution in [0.15, 0.2) is 39.7 Å². The van der Waals surface area contributed by atoms with E-state index in [4.69, 9.17) is 9.15 Å². The van der Waals surface area contributed by atoms with E-state index in [0.717, 1.165) is 68.2 Å². The van der Waals surface area contributed by atoms with Crippen molar-refractivity contribution in [3.63, 3.8) is 0 Å². The SMILES string of the molecule is CN=C(NCCCOc1ccccc1)NCC1CCN(Cc2nc(C)c(C)o2)CC1. The number of benzene rings is 1. The summed E-state index contributed by atoms with van der Waals surface area (Å²) in [4.78, 5) is 11.3. The predicted molar refractivity (Wildman–Crippen MR) is 120 cm³/mol. The summed E-state index contributed by atoms with van der Waals surface area (Å²) in [5.74, 6) is 4.20. The van der Waals surface area contributed by atoms with Gasteiger partial charge in [-0.1, -0.05) is 18.2 Å². The van der Waals surface area contributed by atoms with Crippen molar-refractivity contribution in [1.82, 2.24) is 20.5 Å². The summed E-state index contributed by atoms with van der Waals surface area (Å²) in [7, 11) is 1.82. The van der Waals surface area contributed by atoms with Crippen molar-refractivity contribution >= 4 is 5.96 Å².